The van der Waals surface area contributed by atoms with Crippen LogP contribution in [0.4, 0.5) is 0 Å². The minimum atomic E-state index is -0.648. The number of esters is 1. The molecule has 1 amide bonds. The molecule has 0 aliphatic carbocycles. The summed E-state index contributed by atoms with van der Waals surface area (Å²) in [5, 5.41) is 2.71. The first-order chi connectivity index (χ1) is 14.5. The van der Waals surface area contributed by atoms with Gasteiger partial charge in [0.05, 0.1) is 11.1 Å². The van der Waals surface area contributed by atoms with Gasteiger partial charge >= 0.3 is 5.97 Å². The number of benzene rings is 1. The number of rotatable bonds is 9. The number of nitrogens with one attached hydrogen (secondary N) is 1. The summed E-state index contributed by atoms with van der Waals surface area (Å²) in [5.74, 6) is -0.226. The molecule has 0 radical (unpaired) electrons. The second-order valence-corrected chi connectivity index (χ2v) is 7.45. The van der Waals surface area contributed by atoms with Crippen LogP contribution in [-0.2, 0) is 16.0 Å². The van der Waals surface area contributed by atoms with E-state index < -0.39 is 5.97 Å². The smallest absolute Gasteiger partial charge is 0.342 e. The Morgan fingerprint density at radius 2 is 1.90 bits per heavy atom. The Hall–Kier alpha value is -3.52. The van der Waals surface area contributed by atoms with Crippen molar-refractivity contribution in [2.24, 2.45) is 0 Å². The van der Waals surface area contributed by atoms with Crippen LogP contribution in [0.1, 0.15) is 31.8 Å². The summed E-state index contributed by atoms with van der Waals surface area (Å²) < 4.78 is 10.9. The molecular weight excluding hydrogens is 404 g/mol. The number of hydrogen-bond acceptors (Lipinski definition) is 7. The first-order valence-electron chi connectivity index (χ1n) is 9.23. The molecule has 0 aliphatic heterocycles. The van der Waals surface area contributed by atoms with Crippen molar-refractivity contribution in [3.8, 4) is 11.5 Å². The third kappa shape index (κ3) is 5.99. The number of amides is 1. The predicted molar refractivity (Wildman–Crippen MR) is 112 cm³/mol. The molecule has 0 spiro atoms. The molecule has 0 saturated carbocycles. The van der Waals surface area contributed by atoms with Gasteiger partial charge in [-0.1, -0.05) is 12.1 Å². The minimum absolute atomic E-state index is 0.0949. The topological polar surface area (TPSA) is 94.6 Å². The molecule has 0 saturated heterocycles. The Kier molecular flexibility index (Phi) is 7.29. The van der Waals surface area contributed by atoms with Gasteiger partial charge in [-0.15, -0.1) is 11.3 Å². The van der Waals surface area contributed by atoms with E-state index in [0.717, 1.165) is 4.88 Å². The molecule has 0 aliphatic rings. The standard InChI is InChI=1S/C22H20N2O5S/c1-15(25)24-12-10-17-8-9-21(30-17)19(26)14-28-22(27)18-6-2-3-7-20(18)29-16-5-4-11-23-13-16/h2-9,11,13H,10,12,14H2,1H3,(H,24,25). The maximum absolute atomic E-state index is 12.5. The van der Waals surface area contributed by atoms with Gasteiger partial charge in [-0.2, -0.15) is 0 Å². The van der Waals surface area contributed by atoms with E-state index in [-0.39, 0.29) is 23.9 Å². The molecule has 0 fully saturated rings. The number of thiophene rings is 1. The van der Waals surface area contributed by atoms with Gasteiger partial charge in [0, 0.05) is 24.5 Å². The van der Waals surface area contributed by atoms with Crippen molar-refractivity contribution in [3.05, 3.63) is 76.2 Å². The van der Waals surface area contributed by atoms with Crippen LogP contribution in [0.5, 0.6) is 11.5 Å². The normalized spacial score (nSPS) is 10.3. The van der Waals surface area contributed by atoms with Crippen molar-refractivity contribution in [2.45, 2.75) is 13.3 Å². The lowest BCUT2D eigenvalue weighted by Crippen LogP contribution is -2.22. The zero-order valence-corrected chi connectivity index (χ0v) is 17.1. The number of ether oxygens (including phenoxy) is 2. The molecule has 0 atom stereocenters. The van der Waals surface area contributed by atoms with E-state index in [1.165, 1.54) is 24.5 Å². The molecule has 2 aromatic heterocycles. The van der Waals surface area contributed by atoms with Crippen LogP contribution in [0.2, 0.25) is 0 Å². The Bertz CT molecular complexity index is 1030. The molecule has 0 unspecified atom stereocenters. The van der Waals surface area contributed by atoms with Crippen LogP contribution in [0, 0.1) is 0 Å². The van der Waals surface area contributed by atoms with Crippen LogP contribution in [-0.4, -0.2) is 35.8 Å². The third-order valence-electron chi connectivity index (χ3n) is 3.99. The summed E-state index contributed by atoms with van der Waals surface area (Å²) in [5.41, 5.74) is 0.219. The zero-order valence-electron chi connectivity index (χ0n) is 16.3. The molecule has 0 bridgehead atoms. The van der Waals surface area contributed by atoms with E-state index in [9.17, 15) is 14.4 Å². The maximum atomic E-state index is 12.5. The van der Waals surface area contributed by atoms with Gasteiger partial charge in [-0.25, -0.2) is 4.79 Å². The van der Waals surface area contributed by atoms with Crippen LogP contribution in [0.15, 0.2) is 60.9 Å². The second-order valence-electron chi connectivity index (χ2n) is 6.29. The largest absolute Gasteiger partial charge is 0.455 e. The molecule has 1 N–H and O–H groups in total. The van der Waals surface area contributed by atoms with Crippen molar-refractivity contribution < 1.29 is 23.9 Å². The van der Waals surface area contributed by atoms with Crippen molar-refractivity contribution in [3.63, 3.8) is 0 Å². The number of hydrogen-bond donors (Lipinski definition) is 1. The SMILES string of the molecule is CC(=O)NCCc1ccc(C(=O)COC(=O)c2ccccc2Oc2cccnc2)s1. The summed E-state index contributed by atoms with van der Waals surface area (Å²) in [6.45, 7) is 1.59. The number of aromatic nitrogens is 1. The lowest BCUT2D eigenvalue weighted by Gasteiger charge is -2.10. The third-order valence-corrected chi connectivity index (χ3v) is 5.17. The van der Waals surface area contributed by atoms with Crippen LogP contribution in [0.3, 0.4) is 0 Å². The summed E-state index contributed by atoms with van der Waals surface area (Å²) >= 11 is 1.32. The highest BCUT2D eigenvalue weighted by Gasteiger charge is 2.17. The van der Waals surface area contributed by atoms with E-state index >= 15 is 0 Å². The van der Waals surface area contributed by atoms with E-state index in [0.29, 0.717) is 29.3 Å². The Labute approximate surface area is 177 Å². The van der Waals surface area contributed by atoms with Crippen molar-refractivity contribution in [1.29, 1.82) is 0 Å². The molecular formula is C22H20N2O5S. The quantitative estimate of drug-likeness (QED) is 0.416. The molecule has 2 heterocycles. The van der Waals surface area contributed by atoms with Crippen molar-refractivity contribution in [1.82, 2.24) is 10.3 Å². The number of para-hydroxylation sites is 1. The van der Waals surface area contributed by atoms with Gasteiger partial charge in [-0.3, -0.25) is 14.6 Å². The first kappa shape index (κ1) is 21.2. The number of nitrogens with zero attached hydrogens (tertiary/aromatic N) is 1. The summed E-state index contributed by atoms with van der Waals surface area (Å²) in [4.78, 5) is 41.2. The van der Waals surface area contributed by atoms with Crippen molar-refractivity contribution in [2.75, 3.05) is 13.2 Å². The van der Waals surface area contributed by atoms with Gasteiger partial charge in [0.15, 0.2) is 6.61 Å². The molecule has 8 heteroatoms. The van der Waals surface area contributed by atoms with Gasteiger partial charge in [0.2, 0.25) is 11.7 Å². The van der Waals surface area contributed by atoms with E-state index in [1.54, 1.807) is 48.7 Å². The van der Waals surface area contributed by atoms with E-state index in [4.69, 9.17) is 9.47 Å². The fourth-order valence-electron chi connectivity index (χ4n) is 2.56. The molecule has 7 nitrogen and oxygen atoms in total. The van der Waals surface area contributed by atoms with Crippen molar-refractivity contribution >= 4 is 29.0 Å². The molecule has 154 valence electrons. The Morgan fingerprint density at radius 1 is 1.07 bits per heavy atom. The minimum Gasteiger partial charge on any atom is -0.455 e. The first-order valence-corrected chi connectivity index (χ1v) is 10.0. The summed E-state index contributed by atoms with van der Waals surface area (Å²) in [7, 11) is 0. The monoisotopic (exact) mass is 424 g/mol. The van der Waals surface area contributed by atoms with Gasteiger partial charge in [0.25, 0.3) is 0 Å². The van der Waals surface area contributed by atoms with Gasteiger partial charge in [0.1, 0.15) is 17.1 Å². The average molecular weight is 424 g/mol. The summed E-state index contributed by atoms with van der Waals surface area (Å²) in [6.07, 6.45) is 3.79. The second kappa shape index (κ2) is 10.3. The predicted octanol–water partition coefficient (Wildman–Crippen LogP) is 3.65. The highest BCUT2D eigenvalue weighted by Crippen LogP contribution is 2.25. The lowest BCUT2D eigenvalue weighted by molar-refractivity contribution is -0.118. The number of ketones is 1. The van der Waals surface area contributed by atoms with E-state index in [1.807, 2.05) is 6.07 Å². The summed E-state index contributed by atoms with van der Waals surface area (Å²) in [6, 6.07) is 13.6. The molecule has 3 rings (SSSR count). The average Bonchev–Trinajstić information content (AvgIpc) is 3.22. The highest BCUT2D eigenvalue weighted by atomic mass is 32.1. The highest BCUT2D eigenvalue weighted by molar-refractivity contribution is 7.14. The fourth-order valence-corrected chi connectivity index (χ4v) is 3.49. The number of carbonyl (C=O) groups is 3. The number of pyridine rings is 1. The van der Waals surface area contributed by atoms with Crippen LogP contribution >= 0.6 is 11.3 Å². The molecule has 1 aromatic carbocycles. The Balaban J connectivity index is 1.57. The van der Waals surface area contributed by atoms with Crippen LogP contribution < -0.4 is 10.1 Å². The fraction of sp³-hybridized carbons (Fsp3) is 0.182. The molecule has 30 heavy (non-hydrogen) atoms. The van der Waals surface area contributed by atoms with Crippen LogP contribution in [0.25, 0.3) is 0 Å². The maximum Gasteiger partial charge on any atom is 0.342 e. The number of carbonyl (C=O) groups excluding carboxylic acids is 3. The zero-order chi connectivity index (χ0) is 21.3. The Morgan fingerprint density at radius 3 is 2.67 bits per heavy atom. The lowest BCUT2D eigenvalue weighted by atomic mass is 10.2. The number of Topliss-reactive ketones (excluding diaryl/α,β-unsaturated/α-hetero) is 1. The van der Waals surface area contributed by atoms with E-state index in [2.05, 4.69) is 10.3 Å². The van der Waals surface area contributed by atoms with Gasteiger partial charge < -0.3 is 14.8 Å². The molecule has 3 aromatic rings. The van der Waals surface area contributed by atoms with Gasteiger partial charge in [-0.05, 0) is 42.8 Å².